The van der Waals surface area contributed by atoms with E-state index in [1.54, 1.807) is 41.1 Å². The van der Waals surface area contributed by atoms with E-state index in [1.807, 2.05) is 0 Å². The van der Waals surface area contributed by atoms with E-state index < -0.39 is 98.8 Å². The fraction of sp³-hybridized carbons (Fsp3) is 0.379. The van der Waals surface area contributed by atoms with Crippen LogP contribution < -0.4 is 9.46 Å². The minimum atomic E-state index is -3.49. The van der Waals surface area contributed by atoms with Crippen molar-refractivity contribution in [1.82, 2.24) is 4.57 Å². The minimum Gasteiger partial charge on any atom is -0.463 e. The first kappa shape index (κ1) is 28.2. The fourth-order valence-electron chi connectivity index (χ4n) is 4.65. The third-order valence-corrected chi connectivity index (χ3v) is 7.13. The van der Waals surface area contributed by atoms with Crippen LogP contribution in [0.3, 0.4) is 0 Å². The molecule has 1 N–H and O–H groups in total. The minimum absolute atomic E-state index is 0.0172. The van der Waals surface area contributed by atoms with E-state index in [0.717, 1.165) is 6.26 Å². The molecule has 0 bridgehead atoms. The summed E-state index contributed by atoms with van der Waals surface area (Å²) in [6.07, 6.45) is -5.48. The van der Waals surface area contributed by atoms with Gasteiger partial charge in [0.1, 0.15) is 18.5 Å². The summed E-state index contributed by atoms with van der Waals surface area (Å²) in [7, 11) is -3.49. The molecule has 0 radical (unpaired) electrons. The van der Waals surface area contributed by atoms with Crippen LogP contribution in [0.4, 0.5) is 5.69 Å². The van der Waals surface area contributed by atoms with Gasteiger partial charge in [0.05, 0.1) is 16.8 Å². The Balaban J connectivity index is 1.69. The van der Waals surface area contributed by atoms with E-state index in [2.05, 4.69) is 4.72 Å². The molecule has 5 atom stereocenters. The van der Waals surface area contributed by atoms with Crippen molar-refractivity contribution in [2.75, 3.05) is 17.6 Å². The molecule has 1 aliphatic heterocycles. The number of nitrogens with one attached hydrogen (secondary N) is 1. The predicted molar refractivity (Wildman–Crippen MR) is 159 cm³/mol. The molecule has 1 saturated heterocycles. The van der Waals surface area contributed by atoms with Gasteiger partial charge < -0.3 is 33.0 Å². The van der Waals surface area contributed by atoms with Gasteiger partial charge in [-0.3, -0.25) is 23.9 Å². The van der Waals surface area contributed by atoms with E-state index in [4.69, 9.17) is 45.5 Å². The number of nitrogens with zero attached hydrogens (tertiary/aromatic N) is 1. The SMILES string of the molecule is [2H]CC(=O)OC[C@H]1OC(Oc2ccc(-n3ccc4cc(NS(C)(=O)=O)ccc43)cc2Cl)[C@@H](OC(=O)C[2H])[C@@H](OC(=O)C[2H])[C@@H]1OC(=O)C[2H]. The maximum absolute atomic E-state index is 12.3. The smallest absolute Gasteiger partial charge is 0.303 e. The molecule has 2 aromatic carbocycles. The van der Waals surface area contributed by atoms with Crippen LogP contribution in [0, 0.1) is 0 Å². The second-order valence-corrected chi connectivity index (χ2v) is 11.8. The molecule has 0 saturated carbocycles. The van der Waals surface area contributed by atoms with Crippen molar-refractivity contribution in [3.63, 3.8) is 0 Å². The number of benzene rings is 2. The van der Waals surface area contributed by atoms with E-state index in [9.17, 15) is 27.6 Å². The summed E-state index contributed by atoms with van der Waals surface area (Å²) in [5, 5.41) is 0.731. The Kier molecular flexibility index (Phi) is 8.60. The molecule has 1 aromatic heterocycles. The Bertz CT molecular complexity index is 1810. The maximum Gasteiger partial charge on any atom is 0.303 e. The lowest BCUT2D eigenvalue weighted by Gasteiger charge is -2.44. The standard InChI is InChI=1S/C29H31ClN2O12S/c1-15(33)39-14-25-26(40-16(2)34)27(41-17(3)35)28(42-18(4)36)29(44-25)43-24-9-7-21(13-22(24)30)32-11-10-19-12-20(6-8-23(19)32)31-45(5,37)38/h6-13,25-29,31H,14H2,1-5H3/t25-,26-,27+,28+,29?/m1/s1/i1D,2D,3D,4D. The van der Waals surface area contributed by atoms with Gasteiger partial charge in [0.2, 0.25) is 22.4 Å². The molecule has 3 aromatic rings. The molecule has 14 nitrogen and oxygen atoms in total. The molecule has 1 fully saturated rings. The molecule has 45 heavy (non-hydrogen) atoms. The van der Waals surface area contributed by atoms with Crippen molar-refractivity contribution >= 4 is 62.1 Å². The van der Waals surface area contributed by atoms with Gasteiger partial charge in [0.25, 0.3) is 0 Å². The van der Waals surface area contributed by atoms with Crippen LogP contribution in [-0.4, -0.2) is 80.4 Å². The van der Waals surface area contributed by atoms with Gasteiger partial charge in [-0.2, -0.15) is 0 Å². The number of hydrogen-bond acceptors (Lipinski definition) is 12. The molecule has 0 aliphatic carbocycles. The van der Waals surface area contributed by atoms with Crippen LogP contribution in [0.15, 0.2) is 48.7 Å². The summed E-state index contributed by atoms with van der Waals surface area (Å²) in [4.78, 5) is 48.7. The zero-order chi connectivity index (χ0) is 35.9. The summed E-state index contributed by atoms with van der Waals surface area (Å²) in [5.41, 5.74) is 1.64. The fourth-order valence-corrected chi connectivity index (χ4v) is 5.42. The summed E-state index contributed by atoms with van der Waals surface area (Å²) < 4.78 is 89.8. The first-order valence-electron chi connectivity index (χ1n) is 15.7. The van der Waals surface area contributed by atoms with Gasteiger partial charge >= 0.3 is 23.9 Å². The number of aromatic nitrogens is 1. The number of anilines is 1. The average Bonchev–Trinajstić information content (AvgIpc) is 3.49. The normalized spacial score (nSPS) is 22.6. The van der Waals surface area contributed by atoms with Crippen molar-refractivity contribution in [3.05, 3.63) is 53.7 Å². The van der Waals surface area contributed by atoms with E-state index in [-0.39, 0.29) is 10.8 Å². The van der Waals surface area contributed by atoms with Crippen LogP contribution in [0.2, 0.25) is 5.02 Å². The summed E-state index contributed by atoms with van der Waals surface area (Å²) in [5.74, 6) is -4.37. The Morgan fingerprint density at radius 1 is 0.911 bits per heavy atom. The Hall–Kier alpha value is -4.34. The molecule has 0 spiro atoms. The molecule has 242 valence electrons. The Labute approximate surface area is 269 Å². The van der Waals surface area contributed by atoms with Crippen LogP contribution in [-0.2, 0) is 52.9 Å². The molecule has 0 amide bonds. The summed E-state index contributed by atoms with van der Waals surface area (Å²) >= 11 is 6.61. The average molecular weight is 671 g/mol. The highest BCUT2D eigenvalue weighted by atomic mass is 35.5. The Morgan fingerprint density at radius 3 is 2.22 bits per heavy atom. The van der Waals surface area contributed by atoms with E-state index in [0.29, 0.717) is 22.3 Å². The van der Waals surface area contributed by atoms with Crippen LogP contribution in [0.25, 0.3) is 16.6 Å². The van der Waals surface area contributed by atoms with Crippen molar-refractivity contribution in [1.29, 1.82) is 0 Å². The third-order valence-electron chi connectivity index (χ3n) is 6.23. The number of fused-ring (bicyclic) bond motifs is 1. The van der Waals surface area contributed by atoms with Gasteiger partial charge in [0.15, 0.2) is 12.2 Å². The number of carbonyl (C=O) groups is 4. The first-order chi connectivity index (χ1) is 23.3. The quantitative estimate of drug-likeness (QED) is 0.247. The number of halogens is 1. The van der Waals surface area contributed by atoms with Gasteiger partial charge in [-0.15, -0.1) is 0 Å². The number of esters is 4. The van der Waals surface area contributed by atoms with Gasteiger partial charge in [0, 0.05) is 56.0 Å². The lowest BCUT2D eigenvalue weighted by atomic mass is 9.98. The number of hydrogen-bond donors (Lipinski definition) is 1. The maximum atomic E-state index is 12.3. The molecule has 2 heterocycles. The monoisotopic (exact) mass is 670 g/mol. The van der Waals surface area contributed by atoms with E-state index >= 15 is 0 Å². The van der Waals surface area contributed by atoms with Crippen molar-refractivity contribution < 1.29 is 61.5 Å². The zero-order valence-electron chi connectivity index (χ0n) is 27.7. The van der Waals surface area contributed by atoms with Crippen LogP contribution in [0.5, 0.6) is 5.75 Å². The molecular formula is C29H31ClN2O12S. The number of ether oxygens (including phenoxy) is 6. The van der Waals surface area contributed by atoms with Crippen molar-refractivity contribution in [2.45, 2.75) is 58.3 Å². The predicted octanol–water partition coefficient (Wildman–Crippen LogP) is 3.12. The summed E-state index contributed by atoms with van der Waals surface area (Å²) in [6, 6.07) is 11.3. The topological polar surface area (TPSA) is 175 Å². The molecule has 4 rings (SSSR count). The first-order valence-corrected chi connectivity index (χ1v) is 15.2. The lowest BCUT2D eigenvalue weighted by Crippen LogP contribution is -2.63. The zero-order valence-corrected chi connectivity index (χ0v) is 25.2. The Morgan fingerprint density at radius 2 is 1.58 bits per heavy atom. The molecule has 1 unspecified atom stereocenters. The highest BCUT2D eigenvalue weighted by Crippen LogP contribution is 2.35. The van der Waals surface area contributed by atoms with Gasteiger partial charge in [-0.1, -0.05) is 11.6 Å². The largest absolute Gasteiger partial charge is 0.463 e. The molecule has 1 aliphatic rings. The third kappa shape index (κ3) is 8.65. The number of sulfonamides is 1. The molecular weight excluding hydrogens is 636 g/mol. The lowest BCUT2D eigenvalue weighted by molar-refractivity contribution is -0.288. The second-order valence-electron chi connectivity index (χ2n) is 9.66. The number of rotatable bonds is 10. The van der Waals surface area contributed by atoms with Gasteiger partial charge in [-0.05, 0) is 42.5 Å². The summed E-state index contributed by atoms with van der Waals surface area (Å²) in [6.45, 7) is -4.06. The number of carbonyl (C=O) groups excluding carboxylic acids is 4. The van der Waals surface area contributed by atoms with E-state index in [1.165, 1.54) is 12.1 Å². The van der Waals surface area contributed by atoms with Crippen molar-refractivity contribution in [2.24, 2.45) is 0 Å². The highest BCUT2D eigenvalue weighted by molar-refractivity contribution is 7.92. The molecule has 16 heteroatoms. The second kappa shape index (κ2) is 13.7. The van der Waals surface area contributed by atoms with Gasteiger partial charge in [-0.25, -0.2) is 8.42 Å². The van der Waals surface area contributed by atoms with Crippen molar-refractivity contribution in [3.8, 4) is 11.4 Å². The van der Waals surface area contributed by atoms with Crippen LogP contribution in [0.1, 0.15) is 33.1 Å². The highest BCUT2D eigenvalue weighted by Gasteiger charge is 2.53. The van der Waals surface area contributed by atoms with Crippen LogP contribution >= 0.6 is 11.6 Å².